The molecule has 0 aliphatic carbocycles. The van der Waals surface area contributed by atoms with E-state index in [4.69, 9.17) is 33.7 Å². The highest BCUT2D eigenvalue weighted by Crippen LogP contribution is 2.30. The first kappa shape index (κ1) is 16.2. The van der Waals surface area contributed by atoms with E-state index in [1.54, 1.807) is 0 Å². The van der Waals surface area contributed by atoms with Gasteiger partial charge in [0.05, 0.1) is 0 Å². The first-order chi connectivity index (χ1) is 10.0. The van der Waals surface area contributed by atoms with E-state index in [1.165, 1.54) is 0 Å². The Labute approximate surface area is 135 Å². The zero-order valence-electron chi connectivity index (χ0n) is 12.1. The summed E-state index contributed by atoms with van der Waals surface area (Å²) in [6.45, 7) is 4.01. The Morgan fingerprint density at radius 1 is 1.10 bits per heavy atom. The summed E-state index contributed by atoms with van der Waals surface area (Å²) in [6.07, 6.45) is 0.567. The lowest BCUT2D eigenvalue weighted by atomic mass is 10.0. The van der Waals surface area contributed by atoms with E-state index in [-0.39, 0.29) is 12.1 Å². The van der Waals surface area contributed by atoms with Crippen molar-refractivity contribution in [2.45, 2.75) is 32.4 Å². The number of ether oxygens (including phenoxy) is 1. The molecular formula is C17H19Cl2NO. The summed E-state index contributed by atoms with van der Waals surface area (Å²) in [6, 6.07) is 13.1. The van der Waals surface area contributed by atoms with E-state index in [9.17, 15) is 0 Å². The van der Waals surface area contributed by atoms with E-state index >= 15 is 0 Å². The van der Waals surface area contributed by atoms with E-state index in [0.29, 0.717) is 10.0 Å². The van der Waals surface area contributed by atoms with Crippen LogP contribution in [0.2, 0.25) is 10.0 Å². The molecule has 0 spiro atoms. The van der Waals surface area contributed by atoms with Gasteiger partial charge in [-0.25, -0.2) is 0 Å². The summed E-state index contributed by atoms with van der Waals surface area (Å²) in [5.74, 6) is 0.785. The van der Waals surface area contributed by atoms with Crippen molar-refractivity contribution in [2.75, 3.05) is 0 Å². The fourth-order valence-corrected chi connectivity index (χ4v) is 2.61. The minimum Gasteiger partial charge on any atom is -0.484 e. The summed E-state index contributed by atoms with van der Waals surface area (Å²) in [4.78, 5) is 0. The lowest BCUT2D eigenvalue weighted by Gasteiger charge is -2.26. The molecule has 0 radical (unpaired) electrons. The Kier molecular flexibility index (Phi) is 5.51. The van der Waals surface area contributed by atoms with Crippen molar-refractivity contribution in [3.63, 3.8) is 0 Å². The minimum absolute atomic E-state index is 0.112. The van der Waals surface area contributed by atoms with E-state index in [2.05, 4.69) is 0 Å². The van der Waals surface area contributed by atoms with Crippen LogP contribution in [0.5, 0.6) is 5.75 Å². The molecular weight excluding hydrogens is 305 g/mol. The smallest absolute Gasteiger partial charge is 0.139 e. The Balaban J connectivity index is 2.33. The third kappa shape index (κ3) is 4.13. The lowest BCUT2D eigenvalue weighted by Crippen LogP contribution is -2.31. The van der Waals surface area contributed by atoms with E-state index in [1.807, 2.05) is 56.3 Å². The van der Waals surface area contributed by atoms with Gasteiger partial charge in [0.15, 0.2) is 0 Å². The van der Waals surface area contributed by atoms with Crippen molar-refractivity contribution >= 4 is 23.2 Å². The molecule has 0 amide bonds. The molecule has 112 valence electrons. The average Bonchev–Trinajstić information content (AvgIpc) is 2.45. The maximum atomic E-state index is 6.23. The normalized spacial score (nSPS) is 13.8. The number of benzene rings is 2. The number of halogens is 2. The van der Waals surface area contributed by atoms with E-state index in [0.717, 1.165) is 23.3 Å². The molecule has 2 atom stereocenters. The van der Waals surface area contributed by atoms with Crippen LogP contribution in [-0.4, -0.2) is 6.04 Å². The zero-order valence-corrected chi connectivity index (χ0v) is 13.7. The van der Waals surface area contributed by atoms with Gasteiger partial charge >= 0.3 is 0 Å². The standard InChI is InChI=1S/C17H19Cl2NO/c1-3-15(20)17(12-5-4-6-13(18)10-12)21-16-8-7-14(19)9-11(16)2/h4-10,15,17H,3,20H2,1-2H3. The maximum absolute atomic E-state index is 6.23. The van der Waals surface area contributed by atoms with Crippen molar-refractivity contribution < 1.29 is 4.74 Å². The molecule has 0 aromatic heterocycles. The second-order valence-corrected chi connectivity index (χ2v) is 5.95. The van der Waals surface area contributed by atoms with Crippen LogP contribution in [0.25, 0.3) is 0 Å². The Hall–Kier alpha value is -1.22. The van der Waals surface area contributed by atoms with Gasteiger partial charge in [-0.1, -0.05) is 42.3 Å². The average molecular weight is 324 g/mol. The summed E-state index contributed by atoms with van der Waals surface area (Å²) in [5, 5.41) is 1.37. The number of aryl methyl sites for hydroxylation is 1. The largest absolute Gasteiger partial charge is 0.484 e. The lowest BCUT2D eigenvalue weighted by molar-refractivity contribution is 0.170. The molecule has 0 heterocycles. The quantitative estimate of drug-likeness (QED) is 0.824. The minimum atomic E-state index is -0.242. The number of hydrogen-bond donors (Lipinski definition) is 1. The van der Waals surface area contributed by atoms with Crippen LogP contribution < -0.4 is 10.5 Å². The zero-order chi connectivity index (χ0) is 15.4. The van der Waals surface area contributed by atoms with Crippen LogP contribution in [0.15, 0.2) is 42.5 Å². The van der Waals surface area contributed by atoms with Gasteiger partial charge in [-0.05, 0) is 54.8 Å². The van der Waals surface area contributed by atoms with Gasteiger partial charge in [0, 0.05) is 16.1 Å². The molecule has 0 bridgehead atoms. The second kappa shape index (κ2) is 7.17. The number of hydrogen-bond acceptors (Lipinski definition) is 2. The Morgan fingerprint density at radius 2 is 1.81 bits per heavy atom. The Bertz CT molecular complexity index is 615. The van der Waals surface area contributed by atoms with Crippen LogP contribution in [0.3, 0.4) is 0 Å². The van der Waals surface area contributed by atoms with Gasteiger partial charge < -0.3 is 10.5 Å². The van der Waals surface area contributed by atoms with Crippen molar-refractivity contribution in [1.29, 1.82) is 0 Å². The topological polar surface area (TPSA) is 35.2 Å². The summed E-state index contributed by atoms with van der Waals surface area (Å²) >= 11 is 12.1. The molecule has 0 saturated heterocycles. The van der Waals surface area contributed by atoms with Crippen LogP contribution in [0, 0.1) is 6.92 Å². The molecule has 0 aliphatic rings. The van der Waals surface area contributed by atoms with Crippen LogP contribution in [0.1, 0.15) is 30.6 Å². The fourth-order valence-electron chi connectivity index (χ4n) is 2.18. The molecule has 0 aliphatic heterocycles. The molecule has 21 heavy (non-hydrogen) atoms. The molecule has 0 fully saturated rings. The molecule has 2 rings (SSSR count). The van der Waals surface area contributed by atoms with Gasteiger partial charge in [0.25, 0.3) is 0 Å². The SMILES string of the molecule is CCC(N)C(Oc1ccc(Cl)cc1C)c1cccc(Cl)c1. The summed E-state index contributed by atoms with van der Waals surface area (Å²) in [5.41, 5.74) is 8.20. The third-order valence-electron chi connectivity index (χ3n) is 3.43. The van der Waals surface area contributed by atoms with Gasteiger partial charge in [-0.3, -0.25) is 0 Å². The first-order valence-corrected chi connectivity index (χ1v) is 7.70. The number of nitrogens with two attached hydrogens (primary N) is 1. The van der Waals surface area contributed by atoms with Crippen molar-refractivity contribution in [2.24, 2.45) is 5.73 Å². The molecule has 0 saturated carbocycles. The molecule has 2 aromatic carbocycles. The molecule has 2 aromatic rings. The second-order valence-electron chi connectivity index (χ2n) is 5.08. The van der Waals surface area contributed by atoms with E-state index < -0.39 is 0 Å². The highest BCUT2D eigenvalue weighted by atomic mass is 35.5. The van der Waals surface area contributed by atoms with Gasteiger partial charge in [-0.2, -0.15) is 0 Å². The summed E-state index contributed by atoms with van der Waals surface area (Å²) in [7, 11) is 0. The monoisotopic (exact) mass is 323 g/mol. The van der Waals surface area contributed by atoms with Crippen LogP contribution in [0.4, 0.5) is 0 Å². The highest BCUT2D eigenvalue weighted by molar-refractivity contribution is 6.30. The van der Waals surface area contributed by atoms with Gasteiger partial charge in [0.1, 0.15) is 11.9 Å². The molecule has 4 heteroatoms. The molecule has 2 N–H and O–H groups in total. The van der Waals surface area contributed by atoms with Gasteiger partial charge in [0.2, 0.25) is 0 Å². The predicted octanol–water partition coefficient (Wildman–Crippen LogP) is 5.16. The molecule has 2 nitrogen and oxygen atoms in total. The van der Waals surface area contributed by atoms with Crippen molar-refractivity contribution in [1.82, 2.24) is 0 Å². The highest BCUT2D eigenvalue weighted by Gasteiger charge is 2.21. The maximum Gasteiger partial charge on any atom is 0.139 e. The fraction of sp³-hybridized carbons (Fsp3) is 0.294. The van der Waals surface area contributed by atoms with Crippen molar-refractivity contribution in [3.8, 4) is 5.75 Å². The Morgan fingerprint density at radius 3 is 2.43 bits per heavy atom. The van der Waals surface area contributed by atoms with Crippen LogP contribution >= 0.6 is 23.2 Å². The molecule has 2 unspecified atom stereocenters. The predicted molar refractivity (Wildman–Crippen MR) is 89.3 cm³/mol. The van der Waals surface area contributed by atoms with Crippen LogP contribution in [-0.2, 0) is 0 Å². The third-order valence-corrected chi connectivity index (χ3v) is 3.90. The first-order valence-electron chi connectivity index (χ1n) is 6.95. The van der Waals surface area contributed by atoms with Gasteiger partial charge in [-0.15, -0.1) is 0 Å². The summed E-state index contributed by atoms with van der Waals surface area (Å²) < 4.78 is 6.15. The van der Waals surface area contributed by atoms with Crippen molar-refractivity contribution in [3.05, 3.63) is 63.6 Å². The number of rotatable bonds is 5.